The van der Waals surface area contributed by atoms with E-state index in [-0.39, 0.29) is 9.77 Å². The molecule has 1 N–H and O–H groups in total. The van der Waals surface area contributed by atoms with Gasteiger partial charge in [0.15, 0.2) is 0 Å². The number of ether oxygens (including phenoxy) is 1. The first-order chi connectivity index (χ1) is 12.8. The summed E-state index contributed by atoms with van der Waals surface area (Å²) in [6, 6.07) is 10.5. The van der Waals surface area contributed by atoms with Crippen LogP contribution in [0.4, 0.5) is 5.69 Å². The molecule has 0 atom stereocenters. The molecular formula is C18H19N3O4S2. The lowest BCUT2D eigenvalue weighted by molar-refractivity contribution is 0.0602. The second kappa shape index (κ2) is 7.63. The molecule has 1 aromatic carbocycles. The lowest BCUT2D eigenvalue weighted by atomic mass is 10.2. The van der Waals surface area contributed by atoms with Crippen LogP contribution < -0.4 is 4.72 Å². The molecule has 0 aliphatic carbocycles. The molecule has 2 heterocycles. The zero-order chi connectivity index (χ0) is 19.6. The SMILES string of the molecule is COC(=O)c1sccc1S(=O)(=O)Nc1cccc2ccc(CN(C)C)nc12. The Morgan fingerprint density at radius 3 is 2.70 bits per heavy atom. The van der Waals surface area contributed by atoms with E-state index in [1.807, 2.05) is 37.2 Å². The van der Waals surface area contributed by atoms with E-state index in [1.54, 1.807) is 12.1 Å². The van der Waals surface area contributed by atoms with Gasteiger partial charge in [0.25, 0.3) is 10.0 Å². The van der Waals surface area contributed by atoms with E-state index in [9.17, 15) is 13.2 Å². The molecule has 7 nitrogen and oxygen atoms in total. The Labute approximate surface area is 161 Å². The van der Waals surface area contributed by atoms with Gasteiger partial charge in [0.2, 0.25) is 0 Å². The van der Waals surface area contributed by atoms with Crippen LogP contribution in [-0.4, -0.2) is 45.5 Å². The molecule has 0 aliphatic heterocycles. The molecule has 3 rings (SSSR count). The largest absolute Gasteiger partial charge is 0.465 e. The summed E-state index contributed by atoms with van der Waals surface area (Å²) in [4.78, 5) is 18.3. The quantitative estimate of drug-likeness (QED) is 0.635. The third-order valence-electron chi connectivity index (χ3n) is 3.79. The van der Waals surface area contributed by atoms with Crippen LogP contribution in [0, 0.1) is 0 Å². The smallest absolute Gasteiger partial charge is 0.349 e. The van der Waals surface area contributed by atoms with Crippen LogP contribution >= 0.6 is 11.3 Å². The van der Waals surface area contributed by atoms with Crippen LogP contribution in [0.3, 0.4) is 0 Å². The minimum atomic E-state index is -3.97. The zero-order valence-electron chi connectivity index (χ0n) is 15.1. The number of nitrogens with one attached hydrogen (secondary N) is 1. The van der Waals surface area contributed by atoms with E-state index in [0.29, 0.717) is 17.7 Å². The van der Waals surface area contributed by atoms with E-state index in [4.69, 9.17) is 0 Å². The number of nitrogens with zero attached hydrogens (tertiary/aromatic N) is 2. The predicted octanol–water partition coefficient (Wildman–Crippen LogP) is 2.95. The first-order valence-corrected chi connectivity index (χ1v) is 10.4. The molecule has 0 saturated heterocycles. The number of rotatable bonds is 6. The van der Waals surface area contributed by atoms with Crippen molar-refractivity contribution >= 4 is 43.9 Å². The fourth-order valence-electron chi connectivity index (χ4n) is 2.63. The van der Waals surface area contributed by atoms with Crippen LogP contribution in [0.2, 0.25) is 0 Å². The van der Waals surface area contributed by atoms with Crippen molar-refractivity contribution in [1.29, 1.82) is 0 Å². The highest BCUT2D eigenvalue weighted by Crippen LogP contribution is 2.28. The Morgan fingerprint density at radius 1 is 1.22 bits per heavy atom. The Kier molecular flexibility index (Phi) is 5.45. The van der Waals surface area contributed by atoms with Crippen molar-refractivity contribution in [1.82, 2.24) is 9.88 Å². The lowest BCUT2D eigenvalue weighted by Gasteiger charge is -2.13. The maximum Gasteiger partial charge on any atom is 0.349 e. The molecule has 0 bridgehead atoms. The fraction of sp³-hybridized carbons (Fsp3) is 0.222. The van der Waals surface area contributed by atoms with Gasteiger partial charge < -0.3 is 9.64 Å². The Hall–Kier alpha value is -2.49. The van der Waals surface area contributed by atoms with E-state index >= 15 is 0 Å². The fourth-order valence-corrected chi connectivity index (χ4v) is 5.03. The summed E-state index contributed by atoms with van der Waals surface area (Å²) in [6.45, 7) is 0.633. The summed E-state index contributed by atoms with van der Waals surface area (Å²) in [6.07, 6.45) is 0. The van der Waals surface area contributed by atoms with Gasteiger partial charge in [-0.3, -0.25) is 4.72 Å². The molecule has 0 aliphatic rings. The average Bonchev–Trinajstić information content (AvgIpc) is 3.11. The van der Waals surface area contributed by atoms with Crippen molar-refractivity contribution in [2.45, 2.75) is 11.4 Å². The Morgan fingerprint density at radius 2 is 2.00 bits per heavy atom. The summed E-state index contributed by atoms with van der Waals surface area (Å²) < 4.78 is 32.9. The normalized spacial score (nSPS) is 11.7. The van der Waals surface area contributed by atoms with E-state index in [2.05, 4.69) is 14.4 Å². The molecule has 0 unspecified atom stereocenters. The van der Waals surface area contributed by atoms with Gasteiger partial charge in [0.05, 0.1) is 24.0 Å². The van der Waals surface area contributed by atoms with Crippen LogP contribution in [-0.2, 0) is 21.3 Å². The van der Waals surface area contributed by atoms with Crippen molar-refractivity contribution in [3.05, 3.63) is 52.3 Å². The standard InChI is InChI=1S/C18H19N3O4S2/c1-21(2)11-13-8-7-12-5-4-6-14(16(12)19-13)20-27(23,24)15-9-10-26-17(15)18(22)25-3/h4-10,20H,11H2,1-3H3. The number of esters is 1. The second-order valence-corrected chi connectivity index (χ2v) is 8.70. The Bertz CT molecular complexity index is 1090. The van der Waals surface area contributed by atoms with Crippen molar-refractivity contribution in [3.63, 3.8) is 0 Å². The summed E-state index contributed by atoms with van der Waals surface area (Å²) in [5.74, 6) is -0.685. The van der Waals surface area contributed by atoms with Gasteiger partial charge in [0, 0.05) is 11.9 Å². The molecule has 2 aromatic heterocycles. The number of aromatic nitrogens is 1. The molecule has 9 heteroatoms. The van der Waals surface area contributed by atoms with Crippen molar-refractivity contribution in [2.24, 2.45) is 0 Å². The maximum atomic E-state index is 12.9. The van der Waals surface area contributed by atoms with Gasteiger partial charge in [0.1, 0.15) is 9.77 Å². The van der Waals surface area contributed by atoms with Crippen molar-refractivity contribution in [2.75, 3.05) is 25.9 Å². The summed E-state index contributed by atoms with van der Waals surface area (Å²) in [5.41, 5.74) is 1.73. The number of fused-ring (bicyclic) bond motifs is 1. The van der Waals surface area contributed by atoms with Gasteiger partial charge in [-0.25, -0.2) is 18.2 Å². The molecule has 0 spiro atoms. The minimum Gasteiger partial charge on any atom is -0.465 e. The molecule has 0 radical (unpaired) electrons. The topological polar surface area (TPSA) is 88.6 Å². The maximum absolute atomic E-state index is 12.9. The number of hydrogen-bond donors (Lipinski definition) is 1. The number of carbonyl (C=O) groups excluding carboxylic acids is 1. The highest BCUT2D eigenvalue weighted by Gasteiger charge is 2.25. The van der Waals surface area contributed by atoms with Crippen LogP contribution in [0.5, 0.6) is 0 Å². The van der Waals surface area contributed by atoms with E-state index in [1.165, 1.54) is 18.6 Å². The number of sulfonamides is 1. The molecule has 142 valence electrons. The second-order valence-electron chi connectivity index (χ2n) is 6.13. The van der Waals surface area contributed by atoms with Gasteiger partial charge in [-0.2, -0.15) is 0 Å². The first kappa shape index (κ1) is 19.3. The van der Waals surface area contributed by atoms with Crippen LogP contribution in [0.25, 0.3) is 10.9 Å². The van der Waals surface area contributed by atoms with Gasteiger partial charge in [-0.15, -0.1) is 11.3 Å². The average molecular weight is 406 g/mol. The number of benzene rings is 1. The van der Waals surface area contributed by atoms with Gasteiger partial charge >= 0.3 is 5.97 Å². The van der Waals surface area contributed by atoms with Gasteiger partial charge in [-0.1, -0.05) is 18.2 Å². The highest BCUT2D eigenvalue weighted by atomic mass is 32.2. The summed E-state index contributed by atoms with van der Waals surface area (Å²) >= 11 is 1.02. The molecule has 0 amide bonds. The number of hydrogen-bond acceptors (Lipinski definition) is 7. The molecule has 3 aromatic rings. The summed E-state index contributed by atoms with van der Waals surface area (Å²) in [7, 11) is 1.11. The zero-order valence-corrected chi connectivity index (χ0v) is 16.7. The number of pyridine rings is 1. The molecule has 27 heavy (non-hydrogen) atoms. The molecule has 0 saturated carbocycles. The number of anilines is 1. The van der Waals surface area contributed by atoms with E-state index < -0.39 is 16.0 Å². The number of para-hydroxylation sites is 1. The number of methoxy groups -OCH3 is 1. The third kappa shape index (κ3) is 4.10. The summed E-state index contributed by atoms with van der Waals surface area (Å²) in [5, 5.41) is 2.35. The number of thiophene rings is 1. The number of carbonyl (C=O) groups is 1. The molecule has 0 fully saturated rings. The van der Waals surface area contributed by atoms with Crippen LogP contribution in [0.1, 0.15) is 15.4 Å². The highest BCUT2D eigenvalue weighted by molar-refractivity contribution is 7.93. The van der Waals surface area contributed by atoms with Crippen molar-refractivity contribution < 1.29 is 17.9 Å². The first-order valence-electron chi connectivity index (χ1n) is 8.04. The monoisotopic (exact) mass is 405 g/mol. The van der Waals surface area contributed by atoms with Gasteiger partial charge in [-0.05, 0) is 37.7 Å². The Balaban J connectivity index is 2.03. The molecular weight excluding hydrogens is 386 g/mol. The van der Waals surface area contributed by atoms with Crippen LogP contribution in [0.15, 0.2) is 46.7 Å². The third-order valence-corrected chi connectivity index (χ3v) is 6.22. The van der Waals surface area contributed by atoms with E-state index in [0.717, 1.165) is 22.4 Å². The lowest BCUT2D eigenvalue weighted by Crippen LogP contribution is -2.16. The predicted molar refractivity (Wildman–Crippen MR) is 106 cm³/mol. The minimum absolute atomic E-state index is 0.0338. The van der Waals surface area contributed by atoms with Crippen molar-refractivity contribution in [3.8, 4) is 0 Å².